The average Bonchev–Trinajstić information content (AvgIpc) is 4.17. The van der Waals surface area contributed by atoms with Gasteiger partial charge in [0.25, 0.3) is 0 Å². The summed E-state index contributed by atoms with van der Waals surface area (Å²) >= 11 is 0. The van der Waals surface area contributed by atoms with Crippen LogP contribution in [0.15, 0.2) is 203 Å². The predicted octanol–water partition coefficient (Wildman–Crippen LogP) is 18.6. The van der Waals surface area contributed by atoms with Crippen LogP contribution in [0.25, 0.3) is 99.5 Å². The molecule has 4 heteroatoms. The lowest BCUT2D eigenvalue weighted by atomic mass is 9.72. The van der Waals surface area contributed by atoms with Crippen LogP contribution in [-0.4, -0.2) is 4.98 Å². The van der Waals surface area contributed by atoms with Gasteiger partial charge in [-0.2, -0.15) is 0 Å². The average molecular weight is 927 g/mol. The highest BCUT2D eigenvalue weighted by Gasteiger charge is 2.49. The molecule has 4 nitrogen and oxygen atoms in total. The Morgan fingerprint density at radius 3 is 1.57 bits per heavy atom. The maximum absolute atomic E-state index is 7.07. The second kappa shape index (κ2) is 14.3. The Kier molecular flexibility index (Phi) is 8.23. The molecule has 0 unspecified atom stereocenters. The van der Waals surface area contributed by atoms with E-state index in [1.807, 2.05) is 12.4 Å². The molecule has 3 aliphatic carbocycles. The first-order chi connectivity index (χ1) is 35.0. The van der Waals surface area contributed by atoms with Crippen LogP contribution in [0.5, 0.6) is 0 Å². The maximum Gasteiger partial charge on any atom is 0.144 e. The first-order valence-electron chi connectivity index (χ1n) is 25.3. The lowest BCUT2D eigenvalue weighted by molar-refractivity contribution is 0.600. The molecular weight excluding hydrogens is 877 g/mol. The lowest BCUT2D eigenvalue weighted by Gasteiger charge is -2.32. The van der Waals surface area contributed by atoms with E-state index >= 15 is 0 Å². The van der Waals surface area contributed by atoms with Crippen molar-refractivity contribution in [1.29, 1.82) is 0 Å². The highest BCUT2D eigenvalue weighted by Crippen LogP contribution is 2.64. The number of rotatable bonds is 5. The van der Waals surface area contributed by atoms with E-state index in [2.05, 4.69) is 233 Å². The van der Waals surface area contributed by atoms with Gasteiger partial charge in [0.1, 0.15) is 22.3 Å². The van der Waals surface area contributed by atoms with Gasteiger partial charge in [-0.15, -0.1) is 0 Å². The minimum Gasteiger partial charge on any atom is -0.455 e. The Bertz CT molecular complexity index is 4280. The second-order valence-corrected chi connectivity index (χ2v) is 21.8. The number of aromatic nitrogens is 1. The fourth-order valence-electron chi connectivity index (χ4n) is 13.5. The van der Waals surface area contributed by atoms with Crippen molar-refractivity contribution in [2.75, 3.05) is 4.90 Å². The molecule has 3 aromatic heterocycles. The van der Waals surface area contributed by atoms with Crippen molar-refractivity contribution in [3.05, 3.63) is 228 Å². The molecule has 0 bridgehead atoms. The fourth-order valence-corrected chi connectivity index (χ4v) is 13.5. The maximum atomic E-state index is 7.07. The summed E-state index contributed by atoms with van der Waals surface area (Å²) in [5.74, 6) is 0. The van der Waals surface area contributed by atoms with Crippen LogP contribution in [0.2, 0.25) is 0 Å². The minimum absolute atomic E-state index is 0.223. The van der Waals surface area contributed by atoms with E-state index < -0.39 is 0 Å². The molecule has 0 saturated heterocycles. The van der Waals surface area contributed by atoms with Crippen molar-refractivity contribution in [2.24, 2.45) is 0 Å². The second-order valence-electron chi connectivity index (χ2n) is 21.8. The summed E-state index contributed by atoms with van der Waals surface area (Å²) in [5, 5.41) is 4.69. The van der Waals surface area contributed by atoms with Gasteiger partial charge in [0.05, 0.1) is 0 Å². The Morgan fingerprint density at radius 1 is 0.361 bits per heavy atom. The molecule has 0 atom stereocenters. The van der Waals surface area contributed by atoms with E-state index in [-0.39, 0.29) is 16.2 Å². The Balaban J connectivity index is 0.950. The number of hydrogen-bond acceptors (Lipinski definition) is 4. The highest BCUT2D eigenvalue weighted by atomic mass is 16.3. The smallest absolute Gasteiger partial charge is 0.144 e. The molecule has 72 heavy (non-hydrogen) atoms. The first kappa shape index (κ1) is 41.3. The van der Waals surface area contributed by atoms with E-state index in [0.717, 1.165) is 55.9 Å². The molecule has 0 fully saturated rings. The normalized spacial score (nSPS) is 15.1. The number of fused-ring (bicyclic) bond motifs is 19. The molecule has 12 aromatic rings. The first-order valence-corrected chi connectivity index (χ1v) is 25.3. The van der Waals surface area contributed by atoms with Gasteiger partial charge in [-0.25, -0.2) is 0 Å². The van der Waals surface area contributed by atoms with Crippen LogP contribution in [0.4, 0.5) is 17.1 Å². The quantitative estimate of drug-likeness (QED) is 0.172. The molecule has 0 spiro atoms. The fraction of sp³-hybridized carbons (Fsp3) is 0.132. The molecule has 0 N–H and O–H groups in total. The molecule has 0 saturated carbocycles. The summed E-state index contributed by atoms with van der Waals surface area (Å²) < 4.78 is 13.9. The minimum atomic E-state index is -0.354. The van der Waals surface area contributed by atoms with E-state index in [1.54, 1.807) is 0 Å². The van der Waals surface area contributed by atoms with Crippen LogP contribution in [0.3, 0.4) is 0 Å². The third kappa shape index (κ3) is 5.39. The van der Waals surface area contributed by atoms with Crippen LogP contribution in [0.1, 0.15) is 74.9 Å². The van der Waals surface area contributed by atoms with Crippen LogP contribution in [0, 0.1) is 0 Å². The summed E-state index contributed by atoms with van der Waals surface area (Å²) in [6, 6.07) is 66.8. The van der Waals surface area contributed by atoms with E-state index in [1.165, 1.54) is 94.0 Å². The summed E-state index contributed by atoms with van der Waals surface area (Å²) in [6.07, 6.45) is 3.74. The number of benzene rings is 9. The predicted molar refractivity (Wildman–Crippen MR) is 297 cm³/mol. The molecular formula is C68H50N2O2. The van der Waals surface area contributed by atoms with Crippen molar-refractivity contribution >= 4 is 60.9 Å². The van der Waals surface area contributed by atoms with Gasteiger partial charge in [-0.05, 0) is 145 Å². The van der Waals surface area contributed by atoms with Gasteiger partial charge in [0.15, 0.2) is 0 Å². The number of hydrogen-bond donors (Lipinski definition) is 0. The zero-order chi connectivity index (χ0) is 48.4. The third-order valence-corrected chi connectivity index (χ3v) is 16.9. The van der Waals surface area contributed by atoms with Gasteiger partial charge >= 0.3 is 0 Å². The van der Waals surface area contributed by atoms with E-state index in [4.69, 9.17) is 8.83 Å². The highest BCUT2D eigenvalue weighted by molar-refractivity contribution is 6.21. The standard InChI is InChI=1S/C68H50N2O2/c1-66(2)52-36-43(28-30-46(52)57-54(66)38-50(41-32-34-69-35-33-41)64-59(57)48-19-11-14-22-55(48)71-64)70(42-26-24-40(25-27-42)39-16-8-7-9-17-39)44-29-31-47-53(37-44)68(5,6)63-61(47)65-60(49-20-12-15-23-56(49)72-65)58-45-18-10-13-21-51(45)67(3,4)62(58)63/h7-38H,1-6H3. The summed E-state index contributed by atoms with van der Waals surface area (Å²) in [4.78, 5) is 6.84. The van der Waals surface area contributed by atoms with Gasteiger partial charge in [-0.3, -0.25) is 4.98 Å². The molecule has 0 aliphatic heterocycles. The van der Waals surface area contributed by atoms with Gasteiger partial charge in [0, 0.05) is 78.4 Å². The van der Waals surface area contributed by atoms with Gasteiger partial charge < -0.3 is 13.7 Å². The largest absolute Gasteiger partial charge is 0.455 e. The van der Waals surface area contributed by atoms with E-state index in [9.17, 15) is 0 Å². The molecule has 3 aliphatic rings. The Hall–Kier alpha value is -8.47. The number of furan rings is 2. The van der Waals surface area contributed by atoms with Crippen LogP contribution in [-0.2, 0) is 16.2 Å². The van der Waals surface area contributed by atoms with E-state index in [0.29, 0.717) is 0 Å². The van der Waals surface area contributed by atoms with Crippen LogP contribution < -0.4 is 4.90 Å². The number of nitrogens with zero attached hydrogens (tertiary/aromatic N) is 2. The summed E-state index contributed by atoms with van der Waals surface area (Å²) in [6.45, 7) is 14.5. The monoisotopic (exact) mass is 926 g/mol. The summed E-state index contributed by atoms with van der Waals surface area (Å²) in [7, 11) is 0. The van der Waals surface area contributed by atoms with Gasteiger partial charge in [-0.1, -0.05) is 157 Å². The van der Waals surface area contributed by atoms with Crippen molar-refractivity contribution in [3.63, 3.8) is 0 Å². The van der Waals surface area contributed by atoms with Gasteiger partial charge in [0.2, 0.25) is 0 Å². The number of para-hydroxylation sites is 2. The van der Waals surface area contributed by atoms with Crippen molar-refractivity contribution in [2.45, 2.75) is 57.8 Å². The Labute approximate surface area is 418 Å². The lowest BCUT2D eigenvalue weighted by Crippen LogP contribution is -2.24. The molecule has 9 aromatic carbocycles. The molecule has 15 rings (SSSR count). The zero-order valence-corrected chi connectivity index (χ0v) is 41.2. The van der Waals surface area contributed by atoms with Crippen molar-refractivity contribution in [3.8, 4) is 55.6 Å². The SMILES string of the molecule is CC1(C)c2cc(N(c3ccc(-c4ccccc4)cc3)c3ccc4c(c3)C(C)(C)c3c5c(c6c(oc7ccccc76)c3-4)-c3ccccc3C5(C)C)ccc2-c2c1cc(-c1ccncc1)c1oc3ccccc3c21. The molecule has 3 heterocycles. The topological polar surface area (TPSA) is 42.4 Å². The number of anilines is 3. The molecule has 0 amide bonds. The molecule has 344 valence electrons. The van der Waals surface area contributed by atoms with Crippen molar-refractivity contribution in [1.82, 2.24) is 4.98 Å². The summed E-state index contributed by atoms with van der Waals surface area (Å²) in [5.41, 5.74) is 26.3. The van der Waals surface area contributed by atoms with Crippen LogP contribution >= 0.6 is 0 Å². The van der Waals surface area contributed by atoms with Crippen molar-refractivity contribution < 1.29 is 8.83 Å². The molecule has 0 radical (unpaired) electrons. The Morgan fingerprint density at radius 2 is 0.875 bits per heavy atom. The third-order valence-electron chi connectivity index (χ3n) is 16.9. The number of pyridine rings is 1. The zero-order valence-electron chi connectivity index (χ0n) is 41.2.